The highest BCUT2D eigenvalue weighted by Crippen LogP contribution is 2.33. The molecule has 2 aliphatic heterocycles. The molecule has 1 N–H and O–H groups in total. The van der Waals surface area contributed by atoms with Gasteiger partial charge >= 0.3 is 0 Å². The van der Waals surface area contributed by atoms with Gasteiger partial charge < -0.3 is 10.2 Å². The minimum absolute atomic E-state index is 0.813. The predicted molar refractivity (Wildman–Crippen MR) is 60.4 cm³/mol. The van der Waals surface area contributed by atoms with Crippen LogP contribution in [0.2, 0.25) is 0 Å². The zero-order valence-electron chi connectivity index (χ0n) is 9.42. The van der Waals surface area contributed by atoms with Gasteiger partial charge in [0.1, 0.15) is 0 Å². The molecule has 0 radical (unpaired) electrons. The summed E-state index contributed by atoms with van der Waals surface area (Å²) in [6.07, 6.45) is 4.20. The van der Waals surface area contributed by atoms with Gasteiger partial charge in [-0.05, 0) is 39.2 Å². The normalized spacial score (nSPS) is 35.5. The molecule has 2 fully saturated rings. The van der Waals surface area contributed by atoms with Crippen LogP contribution in [0.25, 0.3) is 0 Å². The number of likely N-dealkylation sites (N-methyl/N-ethyl adjacent to an activating group) is 1. The van der Waals surface area contributed by atoms with Crippen molar-refractivity contribution in [2.45, 2.75) is 38.3 Å². The van der Waals surface area contributed by atoms with Crippen molar-refractivity contribution in [1.29, 1.82) is 0 Å². The quantitative estimate of drug-likeness (QED) is 0.684. The predicted octanol–water partition coefficient (Wildman–Crippen LogP) is 1.63. The molecule has 0 aromatic heterocycles. The summed E-state index contributed by atoms with van der Waals surface area (Å²) in [7, 11) is 2.21. The van der Waals surface area contributed by atoms with Crippen LogP contribution in [0.3, 0.4) is 0 Å². The van der Waals surface area contributed by atoms with Crippen LogP contribution in [0.1, 0.15) is 26.2 Å². The van der Waals surface area contributed by atoms with E-state index in [4.69, 9.17) is 0 Å². The Kier molecular flexibility index (Phi) is 2.93. The van der Waals surface area contributed by atoms with Crippen LogP contribution in [-0.2, 0) is 0 Å². The average Bonchev–Trinajstić information content (AvgIpc) is 2.62. The lowest BCUT2D eigenvalue weighted by Gasteiger charge is -2.26. The molecular weight excluding hydrogens is 172 g/mol. The summed E-state index contributed by atoms with van der Waals surface area (Å²) in [5.74, 6) is 0.887. The molecule has 0 spiro atoms. The molecule has 0 saturated carbocycles. The minimum atomic E-state index is 0.813. The van der Waals surface area contributed by atoms with Gasteiger partial charge in [-0.2, -0.15) is 0 Å². The maximum Gasteiger partial charge on any atom is 0.0184 e. The van der Waals surface area contributed by atoms with Gasteiger partial charge in [0, 0.05) is 25.2 Å². The van der Waals surface area contributed by atoms with E-state index < -0.39 is 0 Å². The summed E-state index contributed by atoms with van der Waals surface area (Å²) in [6, 6.07) is 1.65. The Hall–Kier alpha value is -0.340. The zero-order chi connectivity index (χ0) is 10.1. The minimum Gasteiger partial charge on any atom is -0.311 e. The maximum absolute atomic E-state index is 3.96. The highest BCUT2D eigenvalue weighted by molar-refractivity contribution is 4.99. The smallest absolute Gasteiger partial charge is 0.0184 e. The van der Waals surface area contributed by atoms with Crippen LogP contribution in [0.4, 0.5) is 0 Å². The second-order valence-electron chi connectivity index (χ2n) is 5.20. The van der Waals surface area contributed by atoms with Crippen LogP contribution in [0.15, 0.2) is 12.2 Å². The SMILES string of the molecule is C=C(C)CN(C)CC1CC2CCC1N2. The Labute approximate surface area is 87.4 Å². The lowest BCUT2D eigenvalue weighted by atomic mass is 9.89. The number of fused-ring (bicyclic) bond motifs is 2. The lowest BCUT2D eigenvalue weighted by Crippen LogP contribution is -2.33. The Balaban J connectivity index is 1.78. The van der Waals surface area contributed by atoms with E-state index in [2.05, 4.69) is 30.8 Å². The summed E-state index contributed by atoms with van der Waals surface area (Å²) < 4.78 is 0. The molecule has 2 saturated heterocycles. The van der Waals surface area contributed by atoms with Crippen molar-refractivity contribution in [2.24, 2.45) is 5.92 Å². The molecular formula is C12H22N2. The van der Waals surface area contributed by atoms with Gasteiger partial charge in [-0.1, -0.05) is 12.2 Å². The second-order valence-corrected chi connectivity index (χ2v) is 5.20. The summed E-state index contributed by atoms with van der Waals surface area (Å²) >= 11 is 0. The molecule has 3 atom stereocenters. The van der Waals surface area contributed by atoms with Crippen molar-refractivity contribution in [1.82, 2.24) is 10.2 Å². The first kappa shape index (κ1) is 10.2. The molecule has 2 bridgehead atoms. The van der Waals surface area contributed by atoms with Crippen molar-refractivity contribution in [3.05, 3.63) is 12.2 Å². The molecule has 0 aromatic carbocycles. The van der Waals surface area contributed by atoms with E-state index in [9.17, 15) is 0 Å². The Morgan fingerprint density at radius 3 is 2.79 bits per heavy atom. The fourth-order valence-electron chi connectivity index (χ4n) is 3.06. The van der Waals surface area contributed by atoms with Crippen LogP contribution in [0.5, 0.6) is 0 Å². The molecule has 14 heavy (non-hydrogen) atoms. The van der Waals surface area contributed by atoms with Gasteiger partial charge in [-0.25, -0.2) is 0 Å². The van der Waals surface area contributed by atoms with Crippen molar-refractivity contribution in [3.63, 3.8) is 0 Å². The second kappa shape index (κ2) is 4.03. The van der Waals surface area contributed by atoms with E-state index >= 15 is 0 Å². The molecule has 80 valence electrons. The van der Waals surface area contributed by atoms with Crippen molar-refractivity contribution >= 4 is 0 Å². The third kappa shape index (κ3) is 2.18. The fraction of sp³-hybridized carbons (Fsp3) is 0.833. The molecule has 0 amide bonds. The number of hydrogen-bond donors (Lipinski definition) is 1. The van der Waals surface area contributed by atoms with E-state index in [1.165, 1.54) is 31.4 Å². The monoisotopic (exact) mass is 194 g/mol. The zero-order valence-corrected chi connectivity index (χ0v) is 9.42. The summed E-state index contributed by atoms with van der Waals surface area (Å²) in [6.45, 7) is 8.35. The first-order valence-corrected chi connectivity index (χ1v) is 5.74. The summed E-state index contributed by atoms with van der Waals surface area (Å²) in [4.78, 5) is 2.41. The molecule has 2 aliphatic rings. The molecule has 0 aromatic rings. The molecule has 2 rings (SSSR count). The van der Waals surface area contributed by atoms with Crippen LogP contribution < -0.4 is 5.32 Å². The van der Waals surface area contributed by atoms with Crippen LogP contribution in [0, 0.1) is 5.92 Å². The first-order valence-electron chi connectivity index (χ1n) is 5.74. The first-order chi connectivity index (χ1) is 6.65. The Bertz CT molecular complexity index is 224. The van der Waals surface area contributed by atoms with Gasteiger partial charge in [-0.15, -0.1) is 0 Å². The number of nitrogens with zero attached hydrogens (tertiary/aromatic N) is 1. The Morgan fingerprint density at radius 2 is 2.29 bits per heavy atom. The number of hydrogen-bond acceptors (Lipinski definition) is 2. The van der Waals surface area contributed by atoms with E-state index in [-0.39, 0.29) is 0 Å². The van der Waals surface area contributed by atoms with Crippen LogP contribution in [-0.4, -0.2) is 37.1 Å². The maximum atomic E-state index is 3.96. The number of rotatable bonds is 4. The molecule has 2 nitrogen and oxygen atoms in total. The summed E-state index contributed by atoms with van der Waals surface area (Å²) in [5.41, 5.74) is 1.27. The highest BCUT2D eigenvalue weighted by atomic mass is 15.1. The topological polar surface area (TPSA) is 15.3 Å². The third-order valence-electron chi connectivity index (χ3n) is 3.52. The highest BCUT2D eigenvalue weighted by Gasteiger charge is 2.38. The molecule has 3 unspecified atom stereocenters. The van der Waals surface area contributed by atoms with Crippen molar-refractivity contribution < 1.29 is 0 Å². The Morgan fingerprint density at radius 1 is 1.50 bits per heavy atom. The number of nitrogens with one attached hydrogen (secondary N) is 1. The fourth-order valence-corrected chi connectivity index (χ4v) is 3.06. The molecule has 2 heterocycles. The van der Waals surface area contributed by atoms with Gasteiger partial charge in [0.2, 0.25) is 0 Å². The molecule has 2 heteroatoms. The van der Waals surface area contributed by atoms with E-state index in [1.807, 2.05) is 0 Å². The lowest BCUT2D eigenvalue weighted by molar-refractivity contribution is 0.263. The average molecular weight is 194 g/mol. The van der Waals surface area contributed by atoms with E-state index in [0.29, 0.717) is 0 Å². The van der Waals surface area contributed by atoms with Crippen molar-refractivity contribution in [2.75, 3.05) is 20.1 Å². The van der Waals surface area contributed by atoms with Crippen molar-refractivity contribution in [3.8, 4) is 0 Å². The van der Waals surface area contributed by atoms with Gasteiger partial charge in [-0.3, -0.25) is 0 Å². The summed E-state index contributed by atoms with van der Waals surface area (Å²) in [5, 5.41) is 3.69. The van der Waals surface area contributed by atoms with Gasteiger partial charge in [0.25, 0.3) is 0 Å². The van der Waals surface area contributed by atoms with E-state index in [0.717, 1.165) is 24.5 Å². The standard InChI is InChI=1S/C12H22N2/c1-9(2)7-14(3)8-10-6-11-4-5-12(10)13-11/h10-13H,1,4-8H2,2-3H3. The van der Waals surface area contributed by atoms with Gasteiger partial charge in [0.05, 0.1) is 0 Å². The van der Waals surface area contributed by atoms with E-state index in [1.54, 1.807) is 0 Å². The third-order valence-corrected chi connectivity index (χ3v) is 3.52. The molecule has 0 aliphatic carbocycles. The van der Waals surface area contributed by atoms with Gasteiger partial charge in [0.15, 0.2) is 0 Å². The largest absolute Gasteiger partial charge is 0.311 e. The van der Waals surface area contributed by atoms with Crippen LogP contribution >= 0.6 is 0 Å².